The molecule has 1 saturated carbocycles. The number of alkyl halides is 2. The minimum atomic E-state index is -3.36. The zero-order valence-electron chi connectivity index (χ0n) is 23.7. The lowest BCUT2D eigenvalue weighted by atomic mass is 9.82. The third-order valence-electron chi connectivity index (χ3n) is 8.01. The van der Waals surface area contributed by atoms with Crippen molar-refractivity contribution in [2.75, 3.05) is 0 Å². The van der Waals surface area contributed by atoms with Crippen LogP contribution < -0.4 is 0 Å². The van der Waals surface area contributed by atoms with E-state index in [9.17, 15) is 26.3 Å². The summed E-state index contributed by atoms with van der Waals surface area (Å²) < 4.78 is 90.5. The lowest BCUT2D eigenvalue weighted by Crippen LogP contribution is -2.29. The molecule has 1 nitrogen and oxygen atoms in total. The number of allylic oxidation sites excluding steroid dienone is 2. The van der Waals surface area contributed by atoms with E-state index in [4.69, 9.17) is 4.74 Å². The molecule has 0 saturated heterocycles. The van der Waals surface area contributed by atoms with Gasteiger partial charge in [0, 0.05) is 5.56 Å². The molecule has 5 rings (SSSR count). The molecule has 1 aliphatic rings. The average molecular weight is 595 g/mol. The Morgan fingerprint density at radius 3 is 1.91 bits per heavy atom. The van der Waals surface area contributed by atoms with E-state index in [0.717, 1.165) is 35.2 Å². The summed E-state index contributed by atoms with van der Waals surface area (Å²) in [6.07, 6.45) is 4.25. The Labute approximate surface area is 247 Å². The predicted octanol–water partition coefficient (Wildman–Crippen LogP) is 10.9. The lowest BCUT2D eigenvalue weighted by Gasteiger charge is -2.31. The topological polar surface area (TPSA) is 9.23 Å². The Kier molecular flexibility index (Phi) is 9.40. The monoisotopic (exact) mass is 594 g/mol. The smallest absolute Gasteiger partial charge is 0.313 e. The molecule has 0 unspecified atom stereocenters. The third kappa shape index (κ3) is 7.21. The summed E-state index contributed by atoms with van der Waals surface area (Å²) >= 11 is 0. The molecule has 0 aromatic heterocycles. The zero-order chi connectivity index (χ0) is 30.6. The highest BCUT2D eigenvalue weighted by Gasteiger charge is 2.37. The van der Waals surface area contributed by atoms with Crippen molar-refractivity contribution in [3.8, 4) is 22.3 Å². The van der Waals surface area contributed by atoms with Crippen LogP contribution >= 0.6 is 0 Å². The third-order valence-corrected chi connectivity index (χ3v) is 8.01. The maximum Gasteiger partial charge on any atom is 0.383 e. The van der Waals surface area contributed by atoms with Gasteiger partial charge in [0.1, 0.15) is 5.82 Å². The zero-order valence-corrected chi connectivity index (χ0v) is 23.7. The first kappa shape index (κ1) is 30.6. The fourth-order valence-electron chi connectivity index (χ4n) is 5.60. The second-order valence-corrected chi connectivity index (χ2v) is 11.0. The van der Waals surface area contributed by atoms with Crippen molar-refractivity contribution >= 4 is 0 Å². The van der Waals surface area contributed by atoms with Crippen LogP contribution in [0.3, 0.4) is 0 Å². The summed E-state index contributed by atoms with van der Waals surface area (Å²) in [5.41, 5.74) is 3.07. The van der Waals surface area contributed by atoms with Gasteiger partial charge in [-0.2, -0.15) is 8.78 Å². The van der Waals surface area contributed by atoms with E-state index >= 15 is 0 Å². The van der Waals surface area contributed by atoms with Crippen LogP contribution in [0.1, 0.15) is 61.6 Å². The van der Waals surface area contributed by atoms with Gasteiger partial charge in [-0.15, -0.1) is 0 Å². The van der Waals surface area contributed by atoms with Crippen LogP contribution in [0.5, 0.6) is 0 Å². The molecule has 4 aromatic carbocycles. The number of halogens is 6. The number of ether oxygens (including phenoxy) is 1. The van der Waals surface area contributed by atoms with Crippen LogP contribution in [-0.2, 0) is 17.3 Å². The van der Waals surface area contributed by atoms with Crippen molar-refractivity contribution in [1.82, 2.24) is 0 Å². The number of hydrogen-bond acceptors (Lipinski definition) is 1. The van der Waals surface area contributed by atoms with E-state index in [-0.39, 0.29) is 22.6 Å². The van der Waals surface area contributed by atoms with Crippen LogP contribution in [-0.4, -0.2) is 6.10 Å². The summed E-state index contributed by atoms with van der Waals surface area (Å²) in [6, 6.07) is 19.7. The van der Waals surface area contributed by atoms with Gasteiger partial charge in [0.15, 0.2) is 17.5 Å². The molecule has 0 amide bonds. The first-order valence-electron chi connectivity index (χ1n) is 14.5. The van der Waals surface area contributed by atoms with Crippen molar-refractivity contribution in [3.05, 3.63) is 131 Å². The summed E-state index contributed by atoms with van der Waals surface area (Å²) in [5.74, 6) is -4.87. The quantitative estimate of drug-likeness (QED) is 0.106. The van der Waals surface area contributed by atoms with E-state index in [1.807, 2.05) is 43.3 Å². The van der Waals surface area contributed by atoms with E-state index in [0.29, 0.717) is 37.7 Å². The van der Waals surface area contributed by atoms with Gasteiger partial charge in [-0.3, -0.25) is 0 Å². The number of rotatable bonds is 9. The molecular formula is C36H32F6O. The maximum absolute atomic E-state index is 14.9. The normalized spacial score (nSPS) is 17.5. The maximum atomic E-state index is 14.9. The molecular weight excluding hydrogens is 562 g/mol. The fourth-order valence-corrected chi connectivity index (χ4v) is 5.60. The van der Waals surface area contributed by atoms with Crippen LogP contribution in [0.2, 0.25) is 0 Å². The number of benzene rings is 4. The van der Waals surface area contributed by atoms with Crippen molar-refractivity contribution in [1.29, 1.82) is 0 Å². The molecule has 0 N–H and O–H groups in total. The summed E-state index contributed by atoms with van der Waals surface area (Å²) in [6.45, 7) is 2.04. The molecule has 0 radical (unpaired) electrons. The van der Waals surface area contributed by atoms with Crippen LogP contribution in [0.15, 0.2) is 91.0 Å². The van der Waals surface area contributed by atoms with Crippen LogP contribution in [0, 0.1) is 23.3 Å². The molecule has 1 fully saturated rings. The van der Waals surface area contributed by atoms with Crippen molar-refractivity contribution in [2.45, 2.75) is 63.6 Å². The van der Waals surface area contributed by atoms with Gasteiger partial charge in [0.25, 0.3) is 0 Å². The van der Waals surface area contributed by atoms with Crippen LogP contribution in [0.4, 0.5) is 26.3 Å². The standard InChI is InChI=1S/C36H32F6O/c1-2-3-4-5-23-6-15-29(16-7-23)36(41,42)43-30-17-12-25(13-18-30)24-8-10-26(11-9-24)27-14-19-31(32(37)20-27)28-21-33(38)35(40)34(39)22-28/h3-4,6-11,14-16,19-22,25,30H,2,5,12-13,17-18H2,1H3. The SMILES string of the molecule is CCC=CCc1ccc(C(F)(F)OC2CCC(c3ccc(-c4ccc(-c5cc(F)c(F)c(F)c5)c(F)c4)cc3)CC2)cc1. The van der Waals surface area contributed by atoms with Crippen molar-refractivity contribution < 1.29 is 31.1 Å². The molecule has 0 spiro atoms. The average Bonchev–Trinajstić information content (AvgIpc) is 3.00. The molecule has 224 valence electrons. The number of hydrogen-bond donors (Lipinski definition) is 0. The highest BCUT2D eigenvalue weighted by atomic mass is 19.3. The largest absolute Gasteiger partial charge is 0.383 e. The molecule has 0 heterocycles. The molecule has 7 heteroatoms. The Balaban J connectivity index is 1.18. The van der Waals surface area contributed by atoms with Gasteiger partial charge in [-0.1, -0.05) is 79.7 Å². The van der Waals surface area contributed by atoms with Crippen molar-refractivity contribution in [3.63, 3.8) is 0 Å². The Morgan fingerprint density at radius 2 is 1.30 bits per heavy atom. The fraction of sp³-hybridized carbons (Fsp3) is 0.278. The summed E-state index contributed by atoms with van der Waals surface area (Å²) in [5, 5.41) is 0. The molecule has 43 heavy (non-hydrogen) atoms. The first-order valence-corrected chi connectivity index (χ1v) is 14.5. The molecule has 0 aliphatic heterocycles. The summed E-state index contributed by atoms with van der Waals surface area (Å²) in [4.78, 5) is 0. The van der Waals surface area contributed by atoms with Gasteiger partial charge in [0.05, 0.1) is 11.7 Å². The second kappa shape index (κ2) is 13.2. The lowest BCUT2D eigenvalue weighted by molar-refractivity contribution is -0.277. The predicted molar refractivity (Wildman–Crippen MR) is 157 cm³/mol. The molecule has 4 aromatic rings. The Morgan fingerprint density at radius 1 is 0.698 bits per heavy atom. The summed E-state index contributed by atoms with van der Waals surface area (Å²) in [7, 11) is 0. The van der Waals surface area contributed by atoms with Gasteiger partial charge >= 0.3 is 6.11 Å². The Bertz CT molecular complexity index is 1550. The first-order chi connectivity index (χ1) is 20.6. The van der Waals surface area contributed by atoms with Gasteiger partial charge in [-0.05, 0) is 90.5 Å². The van der Waals surface area contributed by atoms with E-state index in [2.05, 4.69) is 0 Å². The van der Waals surface area contributed by atoms with E-state index in [1.54, 1.807) is 18.2 Å². The van der Waals surface area contributed by atoms with Crippen LogP contribution in [0.25, 0.3) is 22.3 Å². The van der Waals surface area contributed by atoms with Gasteiger partial charge < -0.3 is 4.74 Å². The molecule has 0 atom stereocenters. The molecule has 1 aliphatic carbocycles. The van der Waals surface area contributed by atoms with Crippen molar-refractivity contribution in [2.24, 2.45) is 0 Å². The highest BCUT2D eigenvalue weighted by molar-refractivity contribution is 5.71. The second-order valence-electron chi connectivity index (χ2n) is 11.0. The van der Waals surface area contributed by atoms with Gasteiger partial charge in [0.2, 0.25) is 0 Å². The van der Waals surface area contributed by atoms with Gasteiger partial charge in [-0.25, -0.2) is 17.6 Å². The highest BCUT2D eigenvalue weighted by Crippen LogP contribution is 2.39. The minimum absolute atomic E-state index is 0.0421. The van der Waals surface area contributed by atoms with E-state index < -0.39 is 35.5 Å². The molecule has 0 bridgehead atoms. The Hall–Kier alpha value is -3.84. The van der Waals surface area contributed by atoms with E-state index in [1.165, 1.54) is 24.3 Å². The minimum Gasteiger partial charge on any atom is -0.313 e.